The minimum Gasteiger partial charge on any atom is -0.322 e. The molecule has 0 bridgehead atoms. The second-order valence-electron chi connectivity index (χ2n) is 6.42. The lowest BCUT2D eigenvalue weighted by Crippen LogP contribution is -2.37. The molecule has 3 rings (SSSR count). The smallest absolute Gasteiger partial charge is 0.182 e. The van der Waals surface area contributed by atoms with E-state index in [4.69, 9.17) is 4.99 Å². The van der Waals surface area contributed by atoms with Crippen molar-refractivity contribution in [2.45, 2.75) is 33.1 Å². The van der Waals surface area contributed by atoms with Crippen LogP contribution in [0.15, 0.2) is 53.5 Å². The average molecular weight is 320 g/mol. The van der Waals surface area contributed by atoms with Gasteiger partial charge in [-0.3, -0.25) is 9.79 Å². The number of amidine groups is 1. The van der Waals surface area contributed by atoms with E-state index in [9.17, 15) is 4.79 Å². The fourth-order valence-corrected chi connectivity index (χ4v) is 3.09. The Labute approximate surface area is 144 Å². The number of anilines is 1. The third-order valence-electron chi connectivity index (χ3n) is 4.47. The van der Waals surface area contributed by atoms with Gasteiger partial charge in [0.25, 0.3) is 0 Å². The third-order valence-corrected chi connectivity index (χ3v) is 4.47. The van der Waals surface area contributed by atoms with Gasteiger partial charge in [0, 0.05) is 24.2 Å². The predicted molar refractivity (Wildman–Crippen MR) is 100 cm³/mol. The van der Waals surface area contributed by atoms with Gasteiger partial charge in [0.05, 0.1) is 6.54 Å². The zero-order valence-corrected chi connectivity index (χ0v) is 14.5. The molecule has 1 aliphatic heterocycles. The summed E-state index contributed by atoms with van der Waals surface area (Å²) in [6, 6.07) is 15.9. The molecule has 0 N–H and O–H groups in total. The summed E-state index contributed by atoms with van der Waals surface area (Å²) in [5.41, 5.74) is 4.23. The van der Waals surface area contributed by atoms with Gasteiger partial charge in [-0.05, 0) is 43.9 Å². The second-order valence-corrected chi connectivity index (χ2v) is 6.42. The minimum atomic E-state index is 0.129. The largest absolute Gasteiger partial charge is 0.322 e. The second kappa shape index (κ2) is 7.43. The molecule has 0 atom stereocenters. The topological polar surface area (TPSA) is 32.7 Å². The van der Waals surface area contributed by atoms with E-state index in [0.717, 1.165) is 42.9 Å². The molecule has 3 heteroatoms. The number of Topliss-reactive ketones (excluding diaryl/α,β-unsaturated/α-hetero) is 1. The molecule has 1 aliphatic rings. The Morgan fingerprint density at radius 3 is 2.58 bits per heavy atom. The highest BCUT2D eigenvalue weighted by molar-refractivity contribution is 6.07. The lowest BCUT2D eigenvalue weighted by Gasteiger charge is -2.29. The zero-order valence-electron chi connectivity index (χ0n) is 14.5. The van der Waals surface area contributed by atoms with Crippen LogP contribution in [0, 0.1) is 13.8 Å². The molecule has 0 fully saturated rings. The maximum Gasteiger partial charge on any atom is 0.182 e. The standard InChI is InChI=1S/C21H24N2O/c1-16-11-12-17(2)19(14-16)23(21-10-6-7-13-22-21)15-20(24)18-8-4-3-5-9-18/h3-5,8-9,11-12,14H,6-7,10,13,15H2,1-2H3. The van der Waals surface area contributed by atoms with Crippen molar-refractivity contribution in [3.63, 3.8) is 0 Å². The van der Waals surface area contributed by atoms with E-state index in [-0.39, 0.29) is 5.78 Å². The summed E-state index contributed by atoms with van der Waals surface area (Å²) in [5, 5.41) is 0. The van der Waals surface area contributed by atoms with Crippen LogP contribution in [0.1, 0.15) is 40.7 Å². The molecule has 24 heavy (non-hydrogen) atoms. The van der Waals surface area contributed by atoms with Gasteiger partial charge < -0.3 is 4.90 Å². The van der Waals surface area contributed by atoms with Crippen LogP contribution in [0.25, 0.3) is 0 Å². The Kier molecular flexibility index (Phi) is 5.09. The van der Waals surface area contributed by atoms with Crippen LogP contribution in [-0.2, 0) is 0 Å². The first-order valence-electron chi connectivity index (χ1n) is 8.61. The number of hydrogen-bond acceptors (Lipinski definition) is 3. The van der Waals surface area contributed by atoms with Gasteiger partial charge in [-0.15, -0.1) is 0 Å². The van der Waals surface area contributed by atoms with Crippen LogP contribution in [0.2, 0.25) is 0 Å². The summed E-state index contributed by atoms with van der Waals surface area (Å²) in [4.78, 5) is 19.6. The summed E-state index contributed by atoms with van der Waals surface area (Å²) in [5.74, 6) is 1.17. The lowest BCUT2D eigenvalue weighted by atomic mass is 10.1. The molecule has 0 saturated carbocycles. The fourth-order valence-electron chi connectivity index (χ4n) is 3.09. The highest BCUT2D eigenvalue weighted by Gasteiger charge is 2.21. The molecule has 0 radical (unpaired) electrons. The minimum absolute atomic E-state index is 0.129. The molecule has 0 unspecified atom stereocenters. The Morgan fingerprint density at radius 2 is 1.88 bits per heavy atom. The van der Waals surface area contributed by atoms with Crippen molar-refractivity contribution < 1.29 is 4.79 Å². The van der Waals surface area contributed by atoms with Crippen LogP contribution in [0.5, 0.6) is 0 Å². The maximum atomic E-state index is 12.8. The average Bonchev–Trinajstić information content (AvgIpc) is 2.63. The summed E-state index contributed by atoms with van der Waals surface area (Å²) < 4.78 is 0. The van der Waals surface area contributed by atoms with Crippen molar-refractivity contribution in [1.82, 2.24) is 0 Å². The van der Waals surface area contributed by atoms with Gasteiger partial charge in [0.1, 0.15) is 5.84 Å². The van der Waals surface area contributed by atoms with Crippen molar-refractivity contribution >= 4 is 17.3 Å². The number of aliphatic imine (C=N–C) groups is 1. The highest BCUT2D eigenvalue weighted by Crippen LogP contribution is 2.25. The monoisotopic (exact) mass is 320 g/mol. The van der Waals surface area contributed by atoms with Crippen LogP contribution in [0.4, 0.5) is 5.69 Å². The Hall–Kier alpha value is -2.42. The number of nitrogens with zero attached hydrogens (tertiary/aromatic N) is 2. The van der Waals surface area contributed by atoms with Crippen molar-refractivity contribution in [3.05, 3.63) is 65.2 Å². The molecule has 0 saturated heterocycles. The SMILES string of the molecule is Cc1ccc(C)c(N(CC(=O)c2ccccc2)C2=NCCCC2)c1. The van der Waals surface area contributed by atoms with E-state index in [2.05, 4.69) is 36.9 Å². The summed E-state index contributed by atoms with van der Waals surface area (Å²) in [6.07, 6.45) is 3.21. The first-order valence-corrected chi connectivity index (χ1v) is 8.61. The molecule has 0 amide bonds. The van der Waals surface area contributed by atoms with Gasteiger partial charge in [0.15, 0.2) is 5.78 Å². The summed E-state index contributed by atoms with van der Waals surface area (Å²) in [6.45, 7) is 5.38. The molecule has 2 aromatic carbocycles. The highest BCUT2D eigenvalue weighted by atomic mass is 16.1. The molecular formula is C21H24N2O. The molecule has 0 aromatic heterocycles. The number of carbonyl (C=O) groups is 1. The van der Waals surface area contributed by atoms with Crippen LogP contribution in [-0.4, -0.2) is 24.7 Å². The first-order chi connectivity index (χ1) is 11.6. The molecule has 0 spiro atoms. The quantitative estimate of drug-likeness (QED) is 0.773. The zero-order chi connectivity index (χ0) is 16.9. The molecule has 1 heterocycles. The van der Waals surface area contributed by atoms with E-state index in [1.807, 2.05) is 30.3 Å². The van der Waals surface area contributed by atoms with E-state index < -0.39 is 0 Å². The summed E-state index contributed by atoms with van der Waals surface area (Å²) in [7, 11) is 0. The predicted octanol–water partition coefficient (Wildman–Crippen LogP) is 4.58. The van der Waals surface area contributed by atoms with Crippen LogP contribution >= 0.6 is 0 Å². The Bertz CT molecular complexity index is 750. The van der Waals surface area contributed by atoms with E-state index >= 15 is 0 Å². The molecule has 0 aliphatic carbocycles. The third kappa shape index (κ3) is 3.73. The van der Waals surface area contributed by atoms with E-state index in [1.54, 1.807) is 0 Å². The number of carbonyl (C=O) groups excluding carboxylic acids is 1. The molecule has 3 nitrogen and oxygen atoms in total. The fraction of sp³-hybridized carbons (Fsp3) is 0.333. The molecule has 124 valence electrons. The normalized spacial score (nSPS) is 14.2. The van der Waals surface area contributed by atoms with Gasteiger partial charge in [-0.25, -0.2) is 0 Å². The lowest BCUT2D eigenvalue weighted by molar-refractivity contribution is 0.100. The van der Waals surface area contributed by atoms with Gasteiger partial charge in [-0.2, -0.15) is 0 Å². The van der Waals surface area contributed by atoms with Gasteiger partial charge in [0.2, 0.25) is 0 Å². The van der Waals surface area contributed by atoms with Crippen LogP contribution in [0.3, 0.4) is 0 Å². The number of benzene rings is 2. The van der Waals surface area contributed by atoms with Crippen LogP contribution < -0.4 is 4.90 Å². The van der Waals surface area contributed by atoms with E-state index in [1.165, 1.54) is 11.1 Å². The number of rotatable bonds is 4. The van der Waals surface area contributed by atoms with Gasteiger partial charge in [-0.1, -0.05) is 42.5 Å². The number of hydrogen-bond donors (Lipinski definition) is 0. The maximum absolute atomic E-state index is 12.8. The first kappa shape index (κ1) is 16.4. The number of ketones is 1. The van der Waals surface area contributed by atoms with Crippen molar-refractivity contribution in [1.29, 1.82) is 0 Å². The van der Waals surface area contributed by atoms with Crippen molar-refractivity contribution in [2.24, 2.45) is 4.99 Å². The van der Waals surface area contributed by atoms with Gasteiger partial charge >= 0.3 is 0 Å². The summed E-state index contributed by atoms with van der Waals surface area (Å²) >= 11 is 0. The van der Waals surface area contributed by atoms with E-state index in [0.29, 0.717) is 6.54 Å². The van der Waals surface area contributed by atoms with Crippen molar-refractivity contribution in [3.8, 4) is 0 Å². The number of aryl methyl sites for hydroxylation is 2. The molecular weight excluding hydrogens is 296 g/mol. The Morgan fingerprint density at radius 1 is 1.08 bits per heavy atom. The molecule has 2 aromatic rings. The Balaban J connectivity index is 1.95. The van der Waals surface area contributed by atoms with Crippen molar-refractivity contribution in [2.75, 3.05) is 18.0 Å².